The van der Waals surface area contributed by atoms with Gasteiger partial charge < -0.3 is 10.1 Å². The lowest BCUT2D eigenvalue weighted by Gasteiger charge is -2.09. The van der Waals surface area contributed by atoms with Crippen molar-refractivity contribution in [3.63, 3.8) is 0 Å². The van der Waals surface area contributed by atoms with Crippen LogP contribution < -0.4 is 10.1 Å². The molecule has 6 nitrogen and oxygen atoms in total. The highest BCUT2D eigenvalue weighted by Crippen LogP contribution is 2.26. The highest BCUT2D eigenvalue weighted by Gasteiger charge is 2.16. The van der Waals surface area contributed by atoms with E-state index >= 15 is 0 Å². The van der Waals surface area contributed by atoms with Gasteiger partial charge in [0.25, 0.3) is 5.91 Å². The fourth-order valence-electron chi connectivity index (χ4n) is 3.64. The minimum absolute atomic E-state index is 0.117. The second-order valence-electron chi connectivity index (χ2n) is 7.48. The number of amides is 1. The molecule has 31 heavy (non-hydrogen) atoms. The lowest BCUT2D eigenvalue weighted by Crippen LogP contribution is -2.26. The molecule has 4 rings (SSSR count). The summed E-state index contributed by atoms with van der Waals surface area (Å²) in [5, 5.41) is 7.47. The summed E-state index contributed by atoms with van der Waals surface area (Å²) in [5.74, 6) is 0.681. The summed E-state index contributed by atoms with van der Waals surface area (Å²) in [6, 6.07) is 18.2. The van der Waals surface area contributed by atoms with Crippen LogP contribution in [0.4, 0.5) is 0 Å². The Hall–Kier alpha value is -3.67. The number of carbonyl (C=O) groups excluding carboxylic acids is 1. The molecule has 0 unspecified atom stereocenters. The van der Waals surface area contributed by atoms with Gasteiger partial charge in [0.05, 0.1) is 24.6 Å². The summed E-state index contributed by atoms with van der Waals surface area (Å²) in [4.78, 5) is 17.2. The maximum Gasteiger partial charge on any atom is 0.254 e. The predicted molar refractivity (Wildman–Crippen MR) is 121 cm³/mol. The van der Waals surface area contributed by atoms with Crippen molar-refractivity contribution in [2.24, 2.45) is 0 Å². The molecule has 0 spiro atoms. The highest BCUT2D eigenvalue weighted by molar-refractivity contribution is 5.95. The average Bonchev–Trinajstić information content (AvgIpc) is 3.25. The van der Waals surface area contributed by atoms with Crippen LogP contribution in [0.15, 0.2) is 67.0 Å². The summed E-state index contributed by atoms with van der Waals surface area (Å²) in [6.07, 6.45) is 6.40. The van der Waals surface area contributed by atoms with Gasteiger partial charge in [-0.2, -0.15) is 5.10 Å². The van der Waals surface area contributed by atoms with E-state index in [0.717, 1.165) is 47.5 Å². The van der Waals surface area contributed by atoms with Crippen molar-refractivity contribution in [1.29, 1.82) is 0 Å². The summed E-state index contributed by atoms with van der Waals surface area (Å²) in [5.41, 5.74) is 5.27. The molecule has 0 radical (unpaired) electrons. The number of methoxy groups -OCH3 is 1. The molecule has 0 aliphatic heterocycles. The fourth-order valence-corrected chi connectivity index (χ4v) is 3.64. The molecule has 0 aliphatic carbocycles. The van der Waals surface area contributed by atoms with Crippen LogP contribution in [-0.2, 0) is 6.42 Å². The topological polar surface area (TPSA) is 68.5 Å². The Morgan fingerprint density at radius 3 is 2.55 bits per heavy atom. The van der Waals surface area contributed by atoms with Crippen LogP contribution in [0.2, 0.25) is 0 Å². The molecule has 2 heterocycles. The molecule has 158 valence electrons. The van der Waals surface area contributed by atoms with E-state index in [9.17, 15) is 4.79 Å². The molecule has 4 aromatic rings. The van der Waals surface area contributed by atoms with Crippen LogP contribution in [0.25, 0.3) is 16.8 Å². The van der Waals surface area contributed by atoms with Gasteiger partial charge in [0.15, 0.2) is 5.65 Å². The number of nitrogens with zero attached hydrogens (tertiary/aromatic N) is 3. The van der Waals surface area contributed by atoms with Crippen molar-refractivity contribution in [2.75, 3.05) is 13.7 Å². The molecule has 0 bridgehead atoms. The number of benzene rings is 2. The van der Waals surface area contributed by atoms with E-state index in [1.54, 1.807) is 24.0 Å². The Morgan fingerprint density at radius 1 is 1.03 bits per heavy atom. The third-order valence-corrected chi connectivity index (χ3v) is 5.43. The van der Waals surface area contributed by atoms with Crippen LogP contribution in [0, 0.1) is 6.92 Å². The van der Waals surface area contributed by atoms with Gasteiger partial charge in [0, 0.05) is 18.3 Å². The van der Waals surface area contributed by atoms with Crippen LogP contribution in [-0.4, -0.2) is 34.2 Å². The molecule has 2 aromatic carbocycles. The van der Waals surface area contributed by atoms with Crippen LogP contribution in [0.3, 0.4) is 0 Å². The third kappa shape index (κ3) is 4.58. The summed E-state index contributed by atoms with van der Waals surface area (Å²) >= 11 is 0. The standard InChI is InChI=1S/C25H26N4O2/c1-18-22(25(30)26-15-7-6-10-19-8-4-3-5-9-19)16-27-24-23(17-28-29(18)24)20-11-13-21(31-2)14-12-20/h3-5,8-9,11-14,16-17H,6-7,10,15H2,1-2H3,(H,26,30). The van der Waals surface area contributed by atoms with E-state index in [2.05, 4.69) is 39.7 Å². The van der Waals surface area contributed by atoms with Gasteiger partial charge in [-0.15, -0.1) is 0 Å². The lowest BCUT2D eigenvalue weighted by atomic mass is 10.1. The second-order valence-corrected chi connectivity index (χ2v) is 7.48. The number of fused-ring (bicyclic) bond motifs is 1. The first kappa shape index (κ1) is 20.6. The maximum atomic E-state index is 12.7. The first-order valence-corrected chi connectivity index (χ1v) is 10.5. The molecule has 1 amide bonds. The predicted octanol–water partition coefficient (Wildman–Crippen LogP) is 4.47. The van der Waals surface area contributed by atoms with Crippen LogP contribution >= 0.6 is 0 Å². The fraction of sp³-hybridized carbons (Fsp3) is 0.240. The average molecular weight is 415 g/mol. The number of hydrogen-bond acceptors (Lipinski definition) is 4. The summed E-state index contributed by atoms with van der Waals surface area (Å²) in [6.45, 7) is 2.53. The largest absolute Gasteiger partial charge is 0.497 e. The normalized spacial score (nSPS) is 10.9. The van der Waals surface area contributed by atoms with Crippen molar-refractivity contribution in [3.05, 3.63) is 83.8 Å². The third-order valence-electron chi connectivity index (χ3n) is 5.43. The second kappa shape index (κ2) is 9.43. The Kier molecular flexibility index (Phi) is 6.26. The highest BCUT2D eigenvalue weighted by atomic mass is 16.5. The van der Waals surface area contributed by atoms with Crippen LogP contribution in [0.5, 0.6) is 5.75 Å². The number of nitrogens with one attached hydrogen (secondary N) is 1. The summed E-state index contributed by atoms with van der Waals surface area (Å²) in [7, 11) is 1.64. The van der Waals surface area contributed by atoms with Gasteiger partial charge in [-0.25, -0.2) is 9.50 Å². The Morgan fingerprint density at radius 2 is 1.81 bits per heavy atom. The number of aromatic nitrogens is 3. The molecule has 2 aromatic heterocycles. The Labute approximate surface area is 181 Å². The van der Waals surface area contributed by atoms with Gasteiger partial charge in [0.1, 0.15) is 5.75 Å². The number of carbonyl (C=O) groups is 1. The van der Waals surface area contributed by atoms with Gasteiger partial charge in [-0.3, -0.25) is 4.79 Å². The van der Waals surface area contributed by atoms with Crippen molar-refractivity contribution >= 4 is 11.6 Å². The first-order chi connectivity index (χ1) is 15.2. The zero-order valence-corrected chi connectivity index (χ0v) is 17.8. The summed E-state index contributed by atoms with van der Waals surface area (Å²) < 4.78 is 6.95. The SMILES string of the molecule is COc1ccc(-c2cnn3c(C)c(C(=O)NCCCCc4ccccc4)cnc23)cc1. The maximum absolute atomic E-state index is 12.7. The zero-order valence-electron chi connectivity index (χ0n) is 17.8. The van der Waals surface area contributed by atoms with Gasteiger partial charge in [-0.05, 0) is 49.4 Å². The van der Waals surface area contributed by atoms with E-state index < -0.39 is 0 Å². The Bertz CT molecular complexity index is 1170. The van der Waals surface area contributed by atoms with Crippen LogP contribution in [0.1, 0.15) is 34.5 Å². The van der Waals surface area contributed by atoms with E-state index in [4.69, 9.17) is 4.74 Å². The molecular weight excluding hydrogens is 388 g/mol. The van der Waals surface area contributed by atoms with Crippen molar-refractivity contribution in [1.82, 2.24) is 19.9 Å². The minimum atomic E-state index is -0.117. The number of ether oxygens (including phenoxy) is 1. The van der Waals surface area contributed by atoms with Crippen molar-refractivity contribution in [3.8, 4) is 16.9 Å². The van der Waals surface area contributed by atoms with Gasteiger partial charge >= 0.3 is 0 Å². The molecule has 0 saturated heterocycles. The quantitative estimate of drug-likeness (QED) is 0.432. The van der Waals surface area contributed by atoms with Gasteiger partial charge in [0.2, 0.25) is 0 Å². The van der Waals surface area contributed by atoms with E-state index in [1.807, 2.05) is 37.3 Å². The number of aryl methyl sites for hydroxylation is 2. The van der Waals surface area contributed by atoms with E-state index in [-0.39, 0.29) is 5.91 Å². The molecule has 0 atom stereocenters. The Balaban J connectivity index is 1.41. The molecule has 0 fully saturated rings. The number of rotatable bonds is 8. The smallest absolute Gasteiger partial charge is 0.254 e. The molecule has 0 aliphatic rings. The lowest BCUT2D eigenvalue weighted by molar-refractivity contribution is 0.0951. The first-order valence-electron chi connectivity index (χ1n) is 10.5. The molecular formula is C25H26N4O2. The van der Waals surface area contributed by atoms with E-state index in [0.29, 0.717) is 12.1 Å². The van der Waals surface area contributed by atoms with E-state index in [1.165, 1.54) is 5.56 Å². The molecule has 6 heteroatoms. The zero-order chi connectivity index (χ0) is 21.6. The van der Waals surface area contributed by atoms with Crippen molar-refractivity contribution in [2.45, 2.75) is 26.2 Å². The number of unbranched alkanes of at least 4 members (excludes halogenated alkanes) is 1. The monoisotopic (exact) mass is 414 g/mol. The van der Waals surface area contributed by atoms with Gasteiger partial charge in [-0.1, -0.05) is 42.5 Å². The van der Waals surface area contributed by atoms with Crippen molar-refractivity contribution < 1.29 is 9.53 Å². The molecule has 1 N–H and O–H groups in total. The molecule has 0 saturated carbocycles. The minimum Gasteiger partial charge on any atom is -0.497 e. The number of hydrogen-bond donors (Lipinski definition) is 1.